The number of anilines is 6. The summed E-state index contributed by atoms with van der Waals surface area (Å²) in [5.41, 5.74) is 12.7. The van der Waals surface area contributed by atoms with Crippen LogP contribution in [0.2, 0.25) is 0 Å². The number of nitrogens with zero attached hydrogens (tertiary/aromatic N) is 2. The van der Waals surface area contributed by atoms with Crippen LogP contribution < -0.4 is 19.3 Å². The summed E-state index contributed by atoms with van der Waals surface area (Å²) >= 11 is 0. The van der Waals surface area contributed by atoms with Crippen LogP contribution >= 0.6 is 0 Å². The molecule has 0 aliphatic carbocycles. The van der Waals surface area contributed by atoms with Gasteiger partial charge in [-0.15, -0.1) is 0 Å². The average molecular weight is 855 g/mol. The fourth-order valence-electron chi connectivity index (χ4n) is 7.84. The van der Waals surface area contributed by atoms with Gasteiger partial charge >= 0.3 is 0 Å². The summed E-state index contributed by atoms with van der Waals surface area (Å²) in [5.74, 6) is 1.95. The minimum absolute atomic E-state index is 0.211. The number of ether oxygens (including phenoxy) is 2. The Morgan fingerprint density at radius 1 is 0.375 bits per heavy atom. The molecule has 0 atom stereocenters. The Hall–Kier alpha value is -7.87. The molecular formula is C57H46N2O4S. The fourth-order valence-corrected chi connectivity index (χ4v) is 9.10. The summed E-state index contributed by atoms with van der Waals surface area (Å²) in [6, 6.07) is 74.2. The van der Waals surface area contributed by atoms with E-state index in [1.165, 1.54) is 5.56 Å². The maximum atomic E-state index is 13.3. The molecule has 0 aliphatic rings. The van der Waals surface area contributed by atoms with E-state index in [-0.39, 0.29) is 9.79 Å². The molecule has 9 rings (SSSR count). The van der Waals surface area contributed by atoms with Crippen molar-refractivity contribution in [3.8, 4) is 39.5 Å². The number of hydrogen-bond donors (Lipinski definition) is 0. The Morgan fingerprint density at radius 3 is 1.20 bits per heavy atom. The van der Waals surface area contributed by atoms with Crippen molar-refractivity contribution >= 4 is 44.0 Å². The van der Waals surface area contributed by atoms with Gasteiger partial charge in [0.1, 0.15) is 17.2 Å². The second-order valence-electron chi connectivity index (χ2n) is 15.5. The van der Waals surface area contributed by atoms with E-state index in [2.05, 4.69) is 144 Å². The largest absolute Gasteiger partial charge is 0.497 e. The van der Waals surface area contributed by atoms with Crippen molar-refractivity contribution in [2.75, 3.05) is 16.9 Å². The molecule has 0 bridgehead atoms. The van der Waals surface area contributed by atoms with Gasteiger partial charge in [-0.1, -0.05) is 103 Å². The summed E-state index contributed by atoms with van der Waals surface area (Å²) in [5, 5.41) is 0. The van der Waals surface area contributed by atoms with Crippen LogP contribution in [0.15, 0.2) is 234 Å². The van der Waals surface area contributed by atoms with Crippen molar-refractivity contribution in [1.29, 1.82) is 0 Å². The van der Waals surface area contributed by atoms with Gasteiger partial charge in [0.05, 0.1) is 16.9 Å². The molecule has 9 aromatic carbocycles. The monoisotopic (exact) mass is 854 g/mol. The Bertz CT molecular complexity index is 3090. The van der Waals surface area contributed by atoms with Gasteiger partial charge in [-0.25, -0.2) is 8.42 Å². The summed E-state index contributed by atoms with van der Waals surface area (Å²) in [6.07, 6.45) is 0. The molecule has 0 saturated heterocycles. The Labute approximate surface area is 375 Å². The predicted molar refractivity (Wildman–Crippen MR) is 261 cm³/mol. The molecule has 0 fully saturated rings. The van der Waals surface area contributed by atoms with Crippen molar-refractivity contribution in [2.24, 2.45) is 0 Å². The molecule has 0 radical (unpaired) electrons. The highest BCUT2D eigenvalue weighted by molar-refractivity contribution is 7.91. The van der Waals surface area contributed by atoms with Crippen LogP contribution in [0.25, 0.3) is 22.3 Å². The summed E-state index contributed by atoms with van der Waals surface area (Å²) in [6.45, 7) is 4.08. The third-order valence-electron chi connectivity index (χ3n) is 11.3. The Balaban J connectivity index is 1.04. The molecule has 0 saturated carbocycles. The van der Waals surface area contributed by atoms with Crippen LogP contribution in [0.4, 0.5) is 34.1 Å². The normalized spacial score (nSPS) is 11.2. The van der Waals surface area contributed by atoms with Crippen LogP contribution in [0.5, 0.6) is 17.2 Å². The molecule has 0 aliphatic heterocycles. The van der Waals surface area contributed by atoms with Crippen LogP contribution in [-0.2, 0) is 9.84 Å². The number of sulfone groups is 1. The van der Waals surface area contributed by atoms with Crippen LogP contribution in [0.3, 0.4) is 0 Å². The zero-order valence-corrected chi connectivity index (χ0v) is 36.6. The van der Waals surface area contributed by atoms with Gasteiger partial charge < -0.3 is 19.3 Å². The number of aryl methyl sites for hydroxylation is 2. The summed E-state index contributed by atoms with van der Waals surface area (Å²) in [7, 11) is -1.97. The molecule has 0 heterocycles. The topological polar surface area (TPSA) is 59.1 Å². The third-order valence-corrected chi connectivity index (χ3v) is 13.1. The zero-order valence-electron chi connectivity index (χ0n) is 35.8. The lowest BCUT2D eigenvalue weighted by Gasteiger charge is -2.30. The van der Waals surface area contributed by atoms with Gasteiger partial charge in [-0.2, -0.15) is 0 Å². The van der Waals surface area contributed by atoms with Crippen LogP contribution in [-0.4, -0.2) is 15.5 Å². The third kappa shape index (κ3) is 8.89. The van der Waals surface area contributed by atoms with Gasteiger partial charge in [0, 0.05) is 34.1 Å². The Morgan fingerprint density at radius 2 is 0.750 bits per heavy atom. The minimum atomic E-state index is -3.65. The molecule has 0 aromatic heterocycles. The van der Waals surface area contributed by atoms with E-state index in [1.54, 1.807) is 55.6 Å². The maximum absolute atomic E-state index is 13.3. The first-order chi connectivity index (χ1) is 31.2. The van der Waals surface area contributed by atoms with Crippen molar-refractivity contribution in [2.45, 2.75) is 23.6 Å². The molecular weight excluding hydrogens is 809 g/mol. The molecule has 9 aromatic rings. The van der Waals surface area contributed by atoms with Gasteiger partial charge in [-0.3, -0.25) is 0 Å². The second kappa shape index (κ2) is 18.2. The number of benzene rings is 9. The van der Waals surface area contributed by atoms with Crippen molar-refractivity contribution in [3.63, 3.8) is 0 Å². The quantitative estimate of drug-likeness (QED) is 0.115. The average Bonchev–Trinajstić information content (AvgIpc) is 3.34. The van der Waals surface area contributed by atoms with E-state index in [0.29, 0.717) is 11.5 Å². The maximum Gasteiger partial charge on any atom is 0.206 e. The Kier molecular flexibility index (Phi) is 11.8. The molecule has 6 nitrogen and oxygen atoms in total. The first-order valence-corrected chi connectivity index (χ1v) is 22.6. The van der Waals surface area contributed by atoms with Crippen LogP contribution in [0, 0.1) is 13.8 Å². The predicted octanol–water partition coefficient (Wildman–Crippen LogP) is 15.2. The van der Waals surface area contributed by atoms with Crippen molar-refractivity contribution in [3.05, 3.63) is 236 Å². The number of hydrogen-bond acceptors (Lipinski definition) is 6. The second-order valence-corrected chi connectivity index (χ2v) is 17.5. The smallest absolute Gasteiger partial charge is 0.206 e. The molecule has 0 amide bonds. The summed E-state index contributed by atoms with van der Waals surface area (Å²) < 4.78 is 38.3. The molecule has 7 heteroatoms. The van der Waals surface area contributed by atoms with Gasteiger partial charge in [0.15, 0.2) is 0 Å². The minimum Gasteiger partial charge on any atom is -0.497 e. The van der Waals surface area contributed by atoms with Crippen LogP contribution in [0.1, 0.15) is 11.1 Å². The van der Waals surface area contributed by atoms with E-state index in [1.807, 2.05) is 55.5 Å². The number of methoxy groups -OCH3 is 1. The van der Waals surface area contributed by atoms with E-state index >= 15 is 0 Å². The highest BCUT2D eigenvalue weighted by atomic mass is 32.2. The standard InChI is InChI=1S/C57H46N2O4S/c1-41-14-35-55(36-15-41)64(60,61)56-37-33-54(34-38-56)63-53-31-26-48(27-32-53)58(47-20-16-45(17-21-47)43-10-6-4-7-11-43)51-28-39-57(42(2)40-51)59(50-24-29-52(62-3)30-25-50)49-22-18-46(19-23-49)44-12-8-5-9-13-44/h4-40H,1-3H3. The van der Waals surface area contributed by atoms with E-state index in [4.69, 9.17) is 9.47 Å². The van der Waals surface area contributed by atoms with E-state index in [9.17, 15) is 8.42 Å². The molecule has 0 unspecified atom stereocenters. The lowest BCUT2D eigenvalue weighted by Crippen LogP contribution is -2.13. The van der Waals surface area contributed by atoms with Gasteiger partial charge in [0.25, 0.3) is 0 Å². The highest BCUT2D eigenvalue weighted by Crippen LogP contribution is 2.43. The first-order valence-electron chi connectivity index (χ1n) is 21.1. The lowest BCUT2D eigenvalue weighted by molar-refractivity contribution is 0.415. The molecule has 314 valence electrons. The highest BCUT2D eigenvalue weighted by Gasteiger charge is 2.20. The van der Waals surface area contributed by atoms with Gasteiger partial charge in [0.2, 0.25) is 9.84 Å². The number of rotatable bonds is 13. The van der Waals surface area contributed by atoms with Gasteiger partial charge in [-0.05, 0) is 169 Å². The molecule has 0 spiro atoms. The summed E-state index contributed by atoms with van der Waals surface area (Å²) in [4.78, 5) is 4.99. The first kappa shape index (κ1) is 41.5. The molecule has 64 heavy (non-hydrogen) atoms. The zero-order chi connectivity index (χ0) is 44.0. The van der Waals surface area contributed by atoms with Crippen molar-refractivity contribution < 1.29 is 17.9 Å². The van der Waals surface area contributed by atoms with E-state index < -0.39 is 9.84 Å². The van der Waals surface area contributed by atoms with Crippen molar-refractivity contribution in [1.82, 2.24) is 0 Å². The fraction of sp³-hybridized carbons (Fsp3) is 0.0526. The lowest BCUT2D eigenvalue weighted by atomic mass is 10.0. The van der Waals surface area contributed by atoms with E-state index in [0.717, 1.165) is 67.7 Å². The molecule has 0 N–H and O–H groups in total. The SMILES string of the molecule is COc1ccc(N(c2ccc(-c3ccccc3)cc2)c2ccc(N(c3ccc(Oc4ccc(S(=O)(=O)c5ccc(C)cc5)cc4)cc3)c3ccc(-c4ccccc4)cc3)cc2C)cc1.